The van der Waals surface area contributed by atoms with Crippen LogP contribution in [-0.4, -0.2) is 119 Å². The van der Waals surface area contributed by atoms with Crippen molar-refractivity contribution in [3.8, 4) is 0 Å². The van der Waals surface area contributed by atoms with Crippen molar-refractivity contribution in [3.63, 3.8) is 0 Å². The van der Waals surface area contributed by atoms with Crippen molar-refractivity contribution in [2.75, 3.05) is 49.0 Å². The minimum Gasteiger partial charge on any atom is -0.465 e. The Bertz CT molecular complexity index is 2420. The molecule has 4 aromatic carbocycles. The number of carbonyl (C=O) groups is 3. The molecule has 16 nitrogen and oxygen atoms in total. The monoisotopic (exact) mass is 970 g/mol. The average molecular weight is 972 g/mol. The van der Waals surface area contributed by atoms with E-state index in [2.05, 4.69) is 5.32 Å². The summed E-state index contributed by atoms with van der Waals surface area (Å²) in [6, 6.07) is 30.8. The molecule has 0 bridgehead atoms. The number of halogens is 1. The second-order valence-electron chi connectivity index (χ2n) is 17.3. The first-order valence-corrected chi connectivity index (χ1v) is 24.2. The Hall–Kier alpha value is -5.24. The maximum absolute atomic E-state index is 14.0. The zero-order chi connectivity index (χ0) is 47.7. The van der Waals surface area contributed by atoms with E-state index in [0.717, 1.165) is 5.56 Å². The van der Waals surface area contributed by atoms with E-state index in [0.29, 0.717) is 41.2 Å². The van der Waals surface area contributed by atoms with E-state index in [4.69, 9.17) is 14.2 Å². The normalized spacial score (nSPS) is 19.3. The fraction of sp³-hybridized carbons (Fsp3) is 0.426. The van der Waals surface area contributed by atoms with Crippen LogP contribution in [0.3, 0.4) is 0 Å². The molecule has 2 saturated heterocycles. The summed E-state index contributed by atoms with van der Waals surface area (Å²) in [4.78, 5) is 37.8. The Kier molecular flexibility index (Phi) is 18.6. The lowest BCUT2D eigenvalue weighted by molar-refractivity contribution is -0.00504. The highest BCUT2D eigenvalue weighted by atomic mass is 35.5. The molecule has 4 aromatic rings. The number of nitrogens with one attached hydrogen (secondary N) is 1. The van der Waals surface area contributed by atoms with Crippen LogP contribution in [0, 0.1) is 0 Å². The SMILES string of the molecule is COC(=O)c1ccc(CN(c2ccccc2)S(=O)(=O)N2C[C@@H](C)N(C(=O)OC(C)(C)C)[C@@H](C)C2)cc1.COC(=O)c1ccc(CN(c2ccccc2)S(=O)(=O)N2C[C@@H](C)N[C@@H](C)C2)cc1.Cl. The predicted octanol–water partition coefficient (Wildman–Crippen LogP) is 6.88. The molecule has 360 valence electrons. The van der Waals surface area contributed by atoms with Gasteiger partial charge in [-0.15, -0.1) is 12.4 Å². The average Bonchev–Trinajstić information content (AvgIpc) is 3.26. The molecule has 6 rings (SSSR count). The van der Waals surface area contributed by atoms with Gasteiger partial charge in [0.25, 0.3) is 0 Å². The lowest BCUT2D eigenvalue weighted by Gasteiger charge is -2.45. The Morgan fingerprint density at radius 3 is 1.27 bits per heavy atom. The Balaban J connectivity index is 0.000000290. The molecule has 66 heavy (non-hydrogen) atoms. The summed E-state index contributed by atoms with van der Waals surface area (Å²) in [5.74, 6) is -0.882. The van der Waals surface area contributed by atoms with E-state index in [1.807, 2.05) is 52.0 Å². The van der Waals surface area contributed by atoms with Gasteiger partial charge in [0.2, 0.25) is 0 Å². The van der Waals surface area contributed by atoms with E-state index in [1.165, 1.54) is 31.4 Å². The van der Waals surface area contributed by atoms with Gasteiger partial charge in [-0.2, -0.15) is 25.4 Å². The number of piperazine rings is 2. The number of para-hydroxylation sites is 2. The number of rotatable bonds is 12. The standard InChI is InChI=1S/C26H35N3O6S.C21H27N3O4S.ClH/c1-19-16-27(17-20(2)29(19)25(31)35-26(3,4)5)36(32,33)28(23-10-8-7-9-11-23)18-21-12-14-22(15-13-21)24(30)34-6;1-16-13-23(14-17(2)22-16)29(26,27)24(20-7-5-4-6-8-20)15-18-9-11-19(12-10-18)21(25)28-3;/h7-15,19-20H,16-18H2,1-6H3;4-12,16-17,22H,13-15H2,1-3H3;1H/t19-,20+;16-,17+;. The van der Waals surface area contributed by atoms with Gasteiger partial charge < -0.3 is 24.4 Å². The van der Waals surface area contributed by atoms with Gasteiger partial charge in [-0.05, 0) is 108 Å². The Labute approximate surface area is 396 Å². The van der Waals surface area contributed by atoms with E-state index < -0.39 is 44.1 Å². The molecular formula is C47H63ClN6O10S2. The van der Waals surface area contributed by atoms with Gasteiger partial charge in [0, 0.05) is 50.3 Å². The van der Waals surface area contributed by atoms with Gasteiger partial charge >= 0.3 is 38.5 Å². The first-order chi connectivity index (χ1) is 30.6. The topological polar surface area (TPSA) is 175 Å². The Morgan fingerprint density at radius 2 is 0.939 bits per heavy atom. The number of anilines is 2. The van der Waals surface area contributed by atoms with Crippen LogP contribution in [0.25, 0.3) is 0 Å². The number of hydrogen-bond donors (Lipinski definition) is 1. The minimum absolute atomic E-state index is 0. The molecule has 1 N–H and O–H groups in total. The molecule has 1 amide bonds. The summed E-state index contributed by atoms with van der Waals surface area (Å²) in [6.07, 6.45) is -0.454. The van der Waals surface area contributed by atoms with Gasteiger partial charge in [-0.25, -0.2) is 14.4 Å². The zero-order valence-electron chi connectivity index (χ0n) is 39.0. The van der Waals surface area contributed by atoms with Crippen molar-refractivity contribution < 1.29 is 45.4 Å². The lowest BCUT2D eigenvalue weighted by atomic mass is 10.1. The van der Waals surface area contributed by atoms with Crippen LogP contribution in [0.5, 0.6) is 0 Å². The first kappa shape index (κ1) is 53.4. The molecule has 0 unspecified atom stereocenters. The third kappa shape index (κ3) is 13.7. The molecule has 0 saturated carbocycles. The summed E-state index contributed by atoms with van der Waals surface area (Å²) in [5.41, 5.74) is 2.77. The van der Waals surface area contributed by atoms with Crippen LogP contribution in [0.2, 0.25) is 0 Å². The van der Waals surface area contributed by atoms with Crippen LogP contribution in [0.4, 0.5) is 16.2 Å². The van der Waals surface area contributed by atoms with Crippen molar-refractivity contribution in [3.05, 3.63) is 131 Å². The predicted molar refractivity (Wildman–Crippen MR) is 258 cm³/mol. The van der Waals surface area contributed by atoms with E-state index in [-0.39, 0.29) is 62.8 Å². The molecule has 0 radical (unpaired) electrons. The van der Waals surface area contributed by atoms with Crippen molar-refractivity contribution >= 4 is 62.2 Å². The molecule has 4 atom stereocenters. The van der Waals surface area contributed by atoms with Crippen molar-refractivity contribution in [2.24, 2.45) is 0 Å². The molecule has 2 aliphatic rings. The van der Waals surface area contributed by atoms with Crippen LogP contribution < -0.4 is 13.9 Å². The number of nitrogens with zero attached hydrogens (tertiary/aromatic N) is 5. The molecule has 2 aliphatic heterocycles. The van der Waals surface area contributed by atoms with E-state index in [9.17, 15) is 31.2 Å². The Morgan fingerprint density at radius 1 is 0.591 bits per heavy atom. The van der Waals surface area contributed by atoms with Crippen LogP contribution >= 0.6 is 12.4 Å². The maximum Gasteiger partial charge on any atom is 0.410 e. The second kappa shape index (κ2) is 23.0. The number of benzene rings is 4. The highest BCUT2D eigenvalue weighted by molar-refractivity contribution is 7.90. The number of methoxy groups -OCH3 is 2. The number of amides is 1. The van der Waals surface area contributed by atoms with Gasteiger partial charge in [-0.3, -0.25) is 8.61 Å². The summed E-state index contributed by atoms with van der Waals surface area (Å²) < 4.78 is 75.7. The highest BCUT2D eigenvalue weighted by Gasteiger charge is 2.42. The van der Waals surface area contributed by atoms with E-state index in [1.54, 1.807) is 111 Å². The molecule has 0 aromatic heterocycles. The fourth-order valence-corrected chi connectivity index (χ4v) is 11.3. The summed E-state index contributed by atoms with van der Waals surface area (Å²) >= 11 is 0. The van der Waals surface area contributed by atoms with Crippen molar-refractivity contribution in [1.82, 2.24) is 18.8 Å². The number of ether oxygens (including phenoxy) is 3. The number of hydrogen-bond acceptors (Lipinski definition) is 11. The van der Waals surface area contributed by atoms with E-state index >= 15 is 0 Å². The third-order valence-corrected chi connectivity index (χ3v) is 14.4. The molecular weight excluding hydrogens is 908 g/mol. The summed E-state index contributed by atoms with van der Waals surface area (Å²) in [7, 11) is -5.06. The van der Waals surface area contributed by atoms with Gasteiger partial charge in [-0.1, -0.05) is 60.7 Å². The highest BCUT2D eigenvalue weighted by Crippen LogP contribution is 2.29. The minimum atomic E-state index is -3.96. The fourth-order valence-electron chi connectivity index (χ4n) is 7.74. The third-order valence-electron chi connectivity index (χ3n) is 10.7. The zero-order valence-corrected chi connectivity index (χ0v) is 41.4. The molecule has 0 spiro atoms. The second-order valence-corrected chi connectivity index (χ2v) is 21.0. The molecule has 2 heterocycles. The number of esters is 2. The largest absolute Gasteiger partial charge is 0.465 e. The van der Waals surface area contributed by atoms with Crippen LogP contribution in [-0.2, 0) is 47.7 Å². The van der Waals surface area contributed by atoms with Crippen molar-refractivity contribution in [1.29, 1.82) is 0 Å². The summed E-state index contributed by atoms with van der Waals surface area (Å²) in [6.45, 7) is 14.3. The maximum atomic E-state index is 14.0. The lowest BCUT2D eigenvalue weighted by Crippen LogP contribution is -2.62. The first-order valence-electron chi connectivity index (χ1n) is 21.4. The number of carbonyl (C=O) groups excluding carboxylic acids is 3. The van der Waals surface area contributed by atoms with Crippen molar-refractivity contribution in [2.45, 2.75) is 91.3 Å². The van der Waals surface area contributed by atoms with Gasteiger partial charge in [0.1, 0.15) is 5.60 Å². The van der Waals surface area contributed by atoms with Crippen LogP contribution in [0.1, 0.15) is 80.3 Å². The van der Waals surface area contributed by atoms with Crippen LogP contribution in [0.15, 0.2) is 109 Å². The van der Waals surface area contributed by atoms with Gasteiger partial charge in [0.15, 0.2) is 0 Å². The molecule has 0 aliphatic carbocycles. The van der Waals surface area contributed by atoms with Gasteiger partial charge in [0.05, 0.1) is 49.8 Å². The molecule has 19 heteroatoms. The summed E-state index contributed by atoms with van der Waals surface area (Å²) in [5, 5.41) is 3.36. The smallest absolute Gasteiger partial charge is 0.410 e. The molecule has 2 fully saturated rings. The quantitative estimate of drug-likeness (QED) is 0.116.